The normalized spacial score (nSPS) is 9.56. The van der Waals surface area contributed by atoms with Crippen molar-refractivity contribution < 1.29 is 4.57 Å². The molecule has 1 nitrogen and oxygen atoms in total. The summed E-state index contributed by atoms with van der Waals surface area (Å²) in [5.74, 6) is 0. The van der Waals surface area contributed by atoms with Gasteiger partial charge in [0.1, 0.15) is 6.54 Å². The van der Waals surface area contributed by atoms with Crippen molar-refractivity contribution in [2.24, 2.45) is 0 Å². The van der Waals surface area contributed by atoms with Crippen LogP contribution in [0.15, 0.2) is 29.0 Å². The maximum absolute atomic E-state index is 3.42. The van der Waals surface area contributed by atoms with Crippen LogP contribution in [0.4, 0.5) is 0 Å². The molecule has 0 saturated heterocycles. The molecule has 0 atom stereocenters. The summed E-state index contributed by atoms with van der Waals surface area (Å²) in [6.07, 6.45) is 2.05. The van der Waals surface area contributed by atoms with E-state index in [2.05, 4.69) is 27.4 Å². The van der Waals surface area contributed by atoms with Gasteiger partial charge in [-0.1, -0.05) is 0 Å². The van der Waals surface area contributed by atoms with E-state index < -0.39 is 0 Å². The molecule has 2 heteroatoms. The number of aromatic nitrogens is 1. The minimum absolute atomic E-state index is 1.02. The molecule has 0 radical (unpaired) electrons. The quantitative estimate of drug-likeness (QED) is 0.465. The van der Waals surface area contributed by atoms with Gasteiger partial charge in [0, 0.05) is 28.1 Å². The Morgan fingerprint density at radius 1 is 1.56 bits per heavy atom. The summed E-state index contributed by atoms with van der Waals surface area (Å²) in [4.78, 5) is 0. The lowest BCUT2D eigenvalue weighted by Gasteiger charge is -1.90. The van der Waals surface area contributed by atoms with Gasteiger partial charge < -0.3 is 0 Å². The van der Waals surface area contributed by atoms with Gasteiger partial charge in [0.05, 0.1) is 0 Å². The summed E-state index contributed by atoms with van der Waals surface area (Å²) in [5.41, 5.74) is 0. The fourth-order valence-corrected chi connectivity index (χ4v) is 1.23. The zero-order valence-corrected chi connectivity index (χ0v) is 6.93. The van der Waals surface area contributed by atoms with E-state index in [1.54, 1.807) is 0 Å². The smallest absolute Gasteiger partial charge is 0.193 e. The SMILES string of the molecule is CC[n+]1ccccc1Br. The molecule has 1 heterocycles. The average Bonchev–Trinajstić information content (AvgIpc) is 1.89. The second kappa shape index (κ2) is 2.97. The van der Waals surface area contributed by atoms with E-state index in [1.165, 1.54) is 0 Å². The highest BCUT2D eigenvalue weighted by Gasteiger charge is 1.99. The number of hydrogen-bond donors (Lipinski definition) is 0. The minimum atomic E-state index is 1.02. The predicted octanol–water partition coefficient (Wildman–Crippen LogP) is 1.76. The van der Waals surface area contributed by atoms with E-state index in [0.29, 0.717) is 0 Å². The van der Waals surface area contributed by atoms with E-state index in [4.69, 9.17) is 0 Å². The van der Waals surface area contributed by atoms with Crippen LogP contribution in [-0.4, -0.2) is 0 Å². The standard InChI is InChI=1S/C7H9BrN/c1-2-9-6-4-3-5-7(9)8/h3-6H,2H2,1H3/q+1. The van der Waals surface area contributed by atoms with Gasteiger partial charge in [-0.3, -0.25) is 0 Å². The van der Waals surface area contributed by atoms with E-state index in [9.17, 15) is 0 Å². The van der Waals surface area contributed by atoms with Crippen molar-refractivity contribution in [2.45, 2.75) is 13.5 Å². The summed E-state index contributed by atoms with van der Waals surface area (Å²) in [6, 6.07) is 6.06. The maximum Gasteiger partial charge on any atom is 0.247 e. The van der Waals surface area contributed by atoms with Crippen molar-refractivity contribution in [2.75, 3.05) is 0 Å². The third-order valence-electron chi connectivity index (χ3n) is 1.23. The Kier molecular flexibility index (Phi) is 2.22. The predicted molar refractivity (Wildman–Crippen MR) is 40.0 cm³/mol. The first-order chi connectivity index (χ1) is 4.34. The largest absolute Gasteiger partial charge is 0.247 e. The zero-order valence-electron chi connectivity index (χ0n) is 5.34. The van der Waals surface area contributed by atoms with Gasteiger partial charge in [0.25, 0.3) is 0 Å². The molecule has 9 heavy (non-hydrogen) atoms. The Morgan fingerprint density at radius 2 is 2.33 bits per heavy atom. The van der Waals surface area contributed by atoms with Gasteiger partial charge >= 0.3 is 0 Å². The van der Waals surface area contributed by atoms with Crippen LogP contribution in [0.25, 0.3) is 0 Å². The van der Waals surface area contributed by atoms with E-state index in [0.717, 1.165) is 11.1 Å². The highest BCUT2D eigenvalue weighted by molar-refractivity contribution is 9.10. The Labute approximate surface area is 63.5 Å². The maximum atomic E-state index is 3.42. The van der Waals surface area contributed by atoms with Gasteiger partial charge in [-0.2, -0.15) is 4.57 Å². The third-order valence-corrected chi connectivity index (χ3v) is 1.95. The first-order valence-electron chi connectivity index (χ1n) is 2.98. The lowest BCUT2D eigenvalue weighted by Crippen LogP contribution is -2.32. The fraction of sp³-hybridized carbons (Fsp3) is 0.286. The number of nitrogens with zero attached hydrogens (tertiary/aromatic N) is 1. The van der Waals surface area contributed by atoms with Crippen LogP contribution in [0.1, 0.15) is 6.92 Å². The van der Waals surface area contributed by atoms with Crippen LogP contribution in [0.3, 0.4) is 0 Å². The Hall–Kier alpha value is -0.370. The molecule has 0 fully saturated rings. The van der Waals surface area contributed by atoms with Crippen LogP contribution >= 0.6 is 15.9 Å². The molecule has 1 aromatic heterocycles. The fourth-order valence-electron chi connectivity index (χ4n) is 0.712. The monoisotopic (exact) mass is 186 g/mol. The highest BCUT2D eigenvalue weighted by atomic mass is 79.9. The molecule has 0 saturated carbocycles. The lowest BCUT2D eigenvalue weighted by atomic mass is 10.5. The second-order valence-electron chi connectivity index (χ2n) is 1.81. The molecule has 0 aromatic carbocycles. The number of aryl methyl sites for hydroxylation is 1. The van der Waals surface area contributed by atoms with Crippen LogP contribution < -0.4 is 4.57 Å². The molecule has 0 unspecified atom stereocenters. The average molecular weight is 187 g/mol. The van der Waals surface area contributed by atoms with Crippen LogP contribution in [0.5, 0.6) is 0 Å². The number of rotatable bonds is 1. The number of halogens is 1. The van der Waals surface area contributed by atoms with Crippen molar-refractivity contribution in [1.29, 1.82) is 0 Å². The molecular formula is C7H9BrN+. The molecule has 0 amide bonds. The van der Waals surface area contributed by atoms with Gasteiger partial charge in [0.15, 0.2) is 6.20 Å². The second-order valence-corrected chi connectivity index (χ2v) is 2.62. The molecule has 1 aromatic rings. The topological polar surface area (TPSA) is 3.88 Å². The van der Waals surface area contributed by atoms with Crippen LogP contribution in [0.2, 0.25) is 0 Å². The van der Waals surface area contributed by atoms with Crippen molar-refractivity contribution in [3.05, 3.63) is 29.0 Å². The van der Waals surface area contributed by atoms with Crippen molar-refractivity contribution in [1.82, 2.24) is 0 Å². The molecule has 48 valence electrons. The lowest BCUT2D eigenvalue weighted by molar-refractivity contribution is -0.704. The molecule has 1 rings (SSSR count). The van der Waals surface area contributed by atoms with Crippen LogP contribution in [0, 0.1) is 0 Å². The molecule has 0 bridgehead atoms. The first kappa shape index (κ1) is 6.75. The highest BCUT2D eigenvalue weighted by Crippen LogP contribution is 1.99. The van der Waals surface area contributed by atoms with Crippen molar-refractivity contribution in [3.63, 3.8) is 0 Å². The van der Waals surface area contributed by atoms with E-state index in [-0.39, 0.29) is 0 Å². The Balaban J connectivity index is 3.01. The Bertz CT molecular complexity index is 198. The molecule has 0 spiro atoms. The van der Waals surface area contributed by atoms with Gasteiger partial charge in [-0.15, -0.1) is 0 Å². The van der Waals surface area contributed by atoms with E-state index >= 15 is 0 Å². The molecule has 0 aliphatic heterocycles. The summed E-state index contributed by atoms with van der Waals surface area (Å²) >= 11 is 3.42. The first-order valence-corrected chi connectivity index (χ1v) is 3.78. The van der Waals surface area contributed by atoms with Gasteiger partial charge in [-0.05, 0) is 13.0 Å². The summed E-state index contributed by atoms with van der Waals surface area (Å²) in [7, 11) is 0. The van der Waals surface area contributed by atoms with Gasteiger partial charge in [-0.25, -0.2) is 0 Å². The molecule has 0 N–H and O–H groups in total. The minimum Gasteiger partial charge on any atom is -0.193 e. The van der Waals surface area contributed by atoms with Crippen LogP contribution in [-0.2, 0) is 6.54 Å². The summed E-state index contributed by atoms with van der Waals surface area (Å²) in [6.45, 7) is 3.13. The zero-order chi connectivity index (χ0) is 6.69. The van der Waals surface area contributed by atoms with Gasteiger partial charge in [0.2, 0.25) is 4.60 Å². The number of pyridine rings is 1. The molecular weight excluding hydrogens is 178 g/mol. The Morgan fingerprint density at radius 3 is 2.78 bits per heavy atom. The summed E-state index contributed by atoms with van der Waals surface area (Å²) < 4.78 is 3.26. The van der Waals surface area contributed by atoms with E-state index in [1.807, 2.05) is 24.4 Å². The summed E-state index contributed by atoms with van der Waals surface area (Å²) in [5, 5.41) is 0. The number of hydrogen-bond acceptors (Lipinski definition) is 0. The van der Waals surface area contributed by atoms with Crippen molar-refractivity contribution in [3.8, 4) is 0 Å². The molecule has 0 aliphatic rings. The van der Waals surface area contributed by atoms with Crippen molar-refractivity contribution >= 4 is 15.9 Å². The third kappa shape index (κ3) is 1.52. The molecule has 0 aliphatic carbocycles.